The third-order valence-corrected chi connectivity index (χ3v) is 5.95. The van der Waals surface area contributed by atoms with Gasteiger partial charge in [-0.1, -0.05) is 0 Å². The van der Waals surface area contributed by atoms with Crippen LogP contribution in [0.2, 0.25) is 0 Å². The summed E-state index contributed by atoms with van der Waals surface area (Å²) >= 11 is 0. The van der Waals surface area contributed by atoms with Gasteiger partial charge < -0.3 is 18.8 Å². The number of benzene rings is 2. The molecule has 0 saturated heterocycles. The van der Waals surface area contributed by atoms with E-state index in [9.17, 15) is 8.42 Å². The summed E-state index contributed by atoms with van der Waals surface area (Å²) < 4.78 is 46.3. The number of nitrogens with one attached hydrogen (secondary N) is 1. The number of hydrogen-bond acceptors (Lipinski definition) is 5. The van der Waals surface area contributed by atoms with Crippen LogP contribution in [0.25, 0.3) is 10.9 Å². The Kier molecular flexibility index (Phi) is 4.45. The molecule has 3 aromatic rings. The second-order valence-electron chi connectivity index (χ2n) is 6.28. The molecule has 2 aromatic carbocycles. The highest BCUT2D eigenvalue weighted by molar-refractivity contribution is 7.89. The van der Waals surface area contributed by atoms with Gasteiger partial charge in [0, 0.05) is 36.8 Å². The van der Waals surface area contributed by atoms with Crippen LogP contribution in [-0.2, 0) is 23.6 Å². The van der Waals surface area contributed by atoms with Crippen LogP contribution in [0, 0.1) is 0 Å². The van der Waals surface area contributed by atoms with E-state index in [0.29, 0.717) is 24.7 Å². The van der Waals surface area contributed by atoms with Gasteiger partial charge in [0.25, 0.3) is 0 Å². The molecule has 0 bridgehead atoms. The Morgan fingerprint density at radius 1 is 1.11 bits per heavy atom. The van der Waals surface area contributed by atoms with Gasteiger partial charge in [-0.05, 0) is 35.9 Å². The van der Waals surface area contributed by atoms with Gasteiger partial charge >= 0.3 is 0 Å². The molecule has 0 saturated carbocycles. The maximum absolute atomic E-state index is 12.7. The number of ether oxygens (including phenoxy) is 3. The molecule has 0 radical (unpaired) electrons. The molecule has 142 valence electrons. The van der Waals surface area contributed by atoms with E-state index < -0.39 is 10.0 Å². The molecule has 0 atom stereocenters. The molecule has 2 heterocycles. The van der Waals surface area contributed by atoms with Crippen molar-refractivity contribution in [2.75, 3.05) is 20.3 Å². The van der Waals surface area contributed by atoms with Crippen molar-refractivity contribution >= 4 is 20.9 Å². The van der Waals surface area contributed by atoms with E-state index in [1.807, 2.05) is 36.0 Å². The van der Waals surface area contributed by atoms with E-state index in [0.717, 1.165) is 22.2 Å². The molecule has 8 heteroatoms. The number of nitrogens with zero attached hydrogens (tertiary/aromatic N) is 1. The third-order valence-electron chi connectivity index (χ3n) is 4.56. The molecule has 27 heavy (non-hydrogen) atoms. The average molecular weight is 388 g/mol. The summed E-state index contributed by atoms with van der Waals surface area (Å²) in [6, 6.07) is 10.4. The van der Waals surface area contributed by atoms with Crippen LogP contribution in [0.1, 0.15) is 5.56 Å². The molecule has 4 rings (SSSR count). The predicted octanol–water partition coefficient (Wildman–Crippen LogP) is 2.44. The molecule has 1 aliphatic heterocycles. The number of sulfonamides is 1. The zero-order valence-corrected chi connectivity index (χ0v) is 15.9. The lowest BCUT2D eigenvalue weighted by Crippen LogP contribution is -2.23. The minimum absolute atomic E-state index is 0.143. The number of methoxy groups -OCH3 is 1. The molecule has 0 amide bonds. The lowest BCUT2D eigenvalue weighted by Gasteiger charge is -2.18. The van der Waals surface area contributed by atoms with E-state index in [-0.39, 0.29) is 11.4 Å². The first-order valence-corrected chi connectivity index (χ1v) is 9.97. The normalized spacial score (nSPS) is 13.7. The Morgan fingerprint density at radius 3 is 2.67 bits per heavy atom. The van der Waals surface area contributed by atoms with Crippen molar-refractivity contribution in [1.29, 1.82) is 0 Å². The van der Waals surface area contributed by atoms with Crippen LogP contribution < -0.4 is 18.9 Å². The number of rotatable bonds is 5. The maximum atomic E-state index is 12.7. The molecule has 1 aromatic heterocycles. The summed E-state index contributed by atoms with van der Waals surface area (Å²) in [5, 5.41) is 0.946. The zero-order valence-electron chi connectivity index (χ0n) is 15.1. The SMILES string of the molecule is COc1ccc2c(c1)c(CNS(=O)(=O)c1ccc3c(c1)OCCO3)cn2C. The summed E-state index contributed by atoms with van der Waals surface area (Å²) in [6.45, 7) is 1.03. The first-order valence-electron chi connectivity index (χ1n) is 8.49. The molecule has 1 aliphatic rings. The summed E-state index contributed by atoms with van der Waals surface area (Å²) in [6.07, 6.45) is 1.91. The van der Waals surface area contributed by atoms with Crippen molar-refractivity contribution in [3.05, 3.63) is 48.2 Å². The highest BCUT2D eigenvalue weighted by Gasteiger charge is 2.20. The second-order valence-corrected chi connectivity index (χ2v) is 8.05. The Hall–Kier alpha value is -2.71. The minimum Gasteiger partial charge on any atom is -0.497 e. The average Bonchev–Trinajstić information content (AvgIpc) is 3.01. The van der Waals surface area contributed by atoms with Crippen molar-refractivity contribution < 1.29 is 22.6 Å². The van der Waals surface area contributed by atoms with E-state index in [1.54, 1.807) is 13.2 Å². The van der Waals surface area contributed by atoms with Crippen molar-refractivity contribution in [2.45, 2.75) is 11.4 Å². The Bertz CT molecular complexity index is 1100. The van der Waals surface area contributed by atoms with Crippen LogP contribution in [-0.4, -0.2) is 33.3 Å². The summed E-state index contributed by atoms with van der Waals surface area (Å²) in [4.78, 5) is 0.143. The van der Waals surface area contributed by atoms with Gasteiger partial charge in [0.1, 0.15) is 19.0 Å². The second kappa shape index (κ2) is 6.79. The first kappa shape index (κ1) is 17.7. The number of fused-ring (bicyclic) bond motifs is 2. The molecule has 0 fully saturated rings. The lowest BCUT2D eigenvalue weighted by molar-refractivity contribution is 0.171. The van der Waals surface area contributed by atoms with Crippen molar-refractivity contribution in [3.63, 3.8) is 0 Å². The van der Waals surface area contributed by atoms with Gasteiger partial charge in [0.05, 0.1) is 12.0 Å². The quantitative estimate of drug-likeness (QED) is 0.726. The van der Waals surface area contributed by atoms with E-state index in [1.165, 1.54) is 12.1 Å². The fourth-order valence-corrected chi connectivity index (χ4v) is 4.19. The van der Waals surface area contributed by atoms with Gasteiger partial charge in [-0.2, -0.15) is 0 Å². The van der Waals surface area contributed by atoms with Crippen LogP contribution in [0.4, 0.5) is 0 Å². The smallest absolute Gasteiger partial charge is 0.241 e. The number of aromatic nitrogens is 1. The molecule has 0 unspecified atom stereocenters. The maximum Gasteiger partial charge on any atom is 0.241 e. The van der Waals surface area contributed by atoms with Crippen molar-refractivity contribution in [2.24, 2.45) is 7.05 Å². The van der Waals surface area contributed by atoms with Crippen molar-refractivity contribution in [1.82, 2.24) is 9.29 Å². The number of hydrogen-bond donors (Lipinski definition) is 1. The Balaban J connectivity index is 1.60. The molecule has 1 N–H and O–H groups in total. The third kappa shape index (κ3) is 3.33. The molecular weight excluding hydrogens is 368 g/mol. The van der Waals surface area contributed by atoms with Crippen LogP contribution in [0.3, 0.4) is 0 Å². The molecule has 0 aliphatic carbocycles. The summed E-state index contributed by atoms with van der Waals surface area (Å²) in [5.41, 5.74) is 1.87. The van der Waals surface area contributed by atoms with Crippen molar-refractivity contribution in [3.8, 4) is 17.2 Å². The van der Waals surface area contributed by atoms with Gasteiger partial charge in [0.2, 0.25) is 10.0 Å². The predicted molar refractivity (Wildman–Crippen MR) is 101 cm³/mol. The molecule has 7 nitrogen and oxygen atoms in total. The van der Waals surface area contributed by atoms with Gasteiger partial charge in [-0.15, -0.1) is 0 Å². The fourth-order valence-electron chi connectivity index (χ4n) is 3.17. The number of aryl methyl sites for hydroxylation is 1. The standard InChI is InChI=1S/C19H20N2O5S/c1-21-12-13(16-9-14(24-2)3-5-17(16)21)11-20-27(22,23)15-4-6-18-19(10-15)26-8-7-25-18/h3-6,9-10,12,20H,7-8,11H2,1-2H3. The van der Waals surface area contributed by atoms with Crippen LogP contribution in [0.15, 0.2) is 47.5 Å². The van der Waals surface area contributed by atoms with Crippen LogP contribution in [0.5, 0.6) is 17.2 Å². The fraction of sp³-hybridized carbons (Fsp3) is 0.263. The highest BCUT2D eigenvalue weighted by atomic mass is 32.2. The highest BCUT2D eigenvalue weighted by Crippen LogP contribution is 2.32. The van der Waals surface area contributed by atoms with Gasteiger partial charge in [0.15, 0.2) is 11.5 Å². The van der Waals surface area contributed by atoms with Gasteiger partial charge in [-0.25, -0.2) is 13.1 Å². The summed E-state index contributed by atoms with van der Waals surface area (Å²) in [5.74, 6) is 1.73. The first-order chi connectivity index (χ1) is 13.0. The van der Waals surface area contributed by atoms with E-state index in [2.05, 4.69) is 4.72 Å². The van der Waals surface area contributed by atoms with Crippen LogP contribution >= 0.6 is 0 Å². The Morgan fingerprint density at radius 2 is 1.89 bits per heavy atom. The zero-order chi connectivity index (χ0) is 19.0. The Labute approximate surface area is 157 Å². The molecular formula is C19H20N2O5S. The monoisotopic (exact) mass is 388 g/mol. The minimum atomic E-state index is -3.69. The topological polar surface area (TPSA) is 78.8 Å². The van der Waals surface area contributed by atoms with Gasteiger partial charge in [-0.3, -0.25) is 0 Å². The van der Waals surface area contributed by atoms with E-state index in [4.69, 9.17) is 14.2 Å². The largest absolute Gasteiger partial charge is 0.497 e. The summed E-state index contributed by atoms with van der Waals surface area (Å²) in [7, 11) is -0.163. The molecule has 0 spiro atoms. The van der Waals surface area contributed by atoms with E-state index >= 15 is 0 Å². The lowest BCUT2D eigenvalue weighted by atomic mass is 10.1.